The quantitative estimate of drug-likeness (QED) is 0.651. The summed E-state index contributed by atoms with van der Waals surface area (Å²) in [6, 6.07) is 19.0. The van der Waals surface area contributed by atoms with Crippen LogP contribution in [0.2, 0.25) is 0 Å². The number of hydrogen-bond donors (Lipinski definition) is 3. The Morgan fingerprint density at radius 1 is 1.00 bits per heavy atom. The van der Waals surface area contributed by atoms with Crippen molar-refractivity contribution in [1.82, 2.24) is 5.32 Å². The molecule has 0 aliphatic rings. The van der Waals surface area contributed by atoms with Gasteiger partial charge in [0.05, 0.1) is 6.10 Å². The number of carbonyl (C=O) groups excluding carboxylic acids is 1. The maximum atomic E-state index is 12.3. The minimum atomic E-state index is -0.746. The first-order valence-corrected chi connectivity index (χ1v) is 9.74. The Bertz CT molecular complexity index is 714. The van der Waals surface area contributed by atoms with Gasteiger partial charge >= 0.3 is 6.09 Å². The summed E-state index contributed by atoms with van der Waals surface area (Å²) < 4.78 is 5.38. The van der Waals surface area contributed by atoms with Gasteiger partial charge in [0.15, 0.2) is 0 Å². The highest BCUT2D eigenvalue weighted by Gasteiger charge is 2.24. The first-order chi connectivity index (χ1) is 13.2. The van der Waals surface area contributed by atoms with Gasteiger partial charge in [-0.1, -0.05) is 60.7 Å². The van der Waals surface area contributed by atoms with Gasteiger partial charge < -0.3 is 20.9 Å². The fourth-order valence-corrected chi connectivity index (χ4v) is 3.05. The molecule has 4 N–H and O–H groups in total. The molecule has 2 aromatic carbocycles. The van der Waals surface area contributed by atoms with Crippen LogP contribution in [0.3, 0.4) is 0 Å². The summed E-state index contributed by atoms with van der Waals surface area (Å²) >= 11 is 0. The molecule has 0 spiro atoms. The van der Waals surface area contributed by atoms with Crippen molar-refractivity contribution in [3.63, 3.8) is 0 Å². The zero-order chi connectivity index (χ0) is 20.6. The number of nitrogens with one attached hydrogen (secondary N) is 1. The highest BCUT2D eigenvalue weighted by atomic mass is 16.6. The molecule has 0 radical (unpaired) electrons. The predicted molar refractivity (Wildman–Crippen MR) is 112 cm³/mol. The van der Waals surface area contributed by atoms with Gasteiger partial charge in [-0.25, -0.2) is 4.79 Å². The van der Waals surface area contributed by atoms with E-state index in [4.69, 9.17) is 10.5 Å². The maximum Gasteiger partial charge on any atom is 0.407 e. The van der Waals surface area contributed by atoms with Crippen molar-refractivity contribution < 1.29 is 14.6 Å². The molecule has 5 heteroatoms. The molecule has 0 bridgehead atoms. The van der Waals surface area contributed by atoms with Gasteiger partial charge in [0.1, 0.15) is 5.60 Å². The molecule has 28 heavy (non-hydrogen) atoms. The van der Waals surface area contributed by atoms with Crippen molar-refractivity contribution in [3.05, 3.63) is 71.8 Å². The molecule has 152 valence electrons. The lowest BCUT2D eigenvalue weighted by molar-refractivity contribution is 0.0475. The Labute approximate surface area is 167 Å². The standard InChI is InChI=1S/C23H32N2O3/c1-23(2,3)28-22(27)25-19(14-17-10-6-4-7-11-17)16-21(26)20(24)15-18-12-8-5-9-13-18/h4-13,19-21,26H,14-16,24H2,1-3H3,(H,25,27)/t19-,20+,21-/m0/s1. The van der Waals surface area contributed by atoms with E-state index in [0.717, 1.165) is 11.1 Å². The summed E-state index contributed by atoms with van der Waals surface area (Å²) in [4.78, 5) is 12.3. The van der Waals surface area contributed by atoms with Gasteiger partial charge in [-0.15, -0.1) is 0 Å². The minimum Gasteiger partial charge on any atom is -0.444 e. The van der Waals surface area contributed by atoms with E-state index in [0.29, 0.717) is 19.3 Å². The van der Waals surface area contributed by atoms with Gasteiger partial charge in [0, 0.05) is 12.1 Å². The van der Waals surface area contributed by atoms with E-state index in [1.54, 1.807) is 0 Å². The first-order valence-electron chi connectivity index (χ1n) is 9.74. The zero-order valence-electron chi connectivity index (χ0n) is 17.0. The third kappa shape index (κ3) is 8.11. The number of carbonyl (C=O) groups is 1. The molecule has 5 nitrogen and oxygen atoms in total. The number of nitrogens with two attached hydrogens (primary N) is 1. The minimum absolute atomic E-state index is 0.283. The van der Waals surface area contributed by atoms with Crippen molar-refractivity contribution in [2.45, 2.75) is 63.8 Å². The van der Waals surface area contributed by atoms with Crippen LogP contribution in [-0.2, 0) is 17.6 Å². The highest BCUT2D eigenvalue weighted by Crippen LogP contribution is 2.14. The second kappa shape index (κ2) is 10.2. The largest absolute Gasteiger partial charge is 0.444 e. The summed E-state index contributed by atoms with van der Waals surface area (Å²) in [6.07, 6.45) is 0.283. The van der Waals surface area contributed by atoms with Crippen LogP contribution in [0.15, 0.2) is 60.7 Å². The first kappa shape index (κ1) is 21.9. The van der Waals surface area contributed by atoms with Gasteiger partial charge in [-0.3, -0.25) is 0 Å². The number of rotatable bonds is 8. The maximum absolute atomic E-state index is 12.3. The Kier molecular flexibility index (Phi) is 8.03. The van der Waals surface area contributed by atoms with Crippen LogP contribution in [0.5, 0.6) is 0 Å². The number of benzene rings is 2. The normalized spacial score (nSPS) is 14.8. The van der Waals surface area contributed by atoms with Crippen molar-refractivity contribution in [1.29, 1.82) is 0 Å². The molecular formula is C23H32N2O3. The lowest BCUT2D eigenvalue weighted by Gasteiger charge is -2.27. The molecule has 0 aliphatic heterocycles. The molecule has 0 unspecified atom stereocenters. The summed E-state index contributed by atoms with van der Waals surface area (Å²) in [5.74, 6) is 0. The van der Waals surface area contributed by atoms with Crippen LogP contribution in [-0.4, -0.2) is 35.0 Å². The Morgan fingerprint density at radius 3 is 2.00 bits per heavy atom. The molecular weight excluding hydrogens is 352 g/mol. The smallest absolute Gasteiger partial charge is 0.407 e. The summed E-state index contributed by atoms with van der Waals surface area (Å²) in [5.41, 5.74) is 7.80. The molecule has 0 saturated carbocycles. The SMILES string of the molecule is CC(C)(C)OC(=O)N[C@@H](Cc1ccccc1)C[C@H](O)[C@H](N)Cc1ccccc1. The molecule has 0 saturated heterocycles. The van der Waals surface area contributed by atoms with E-state index in [-0.39, 0.29) is 6.04 Å². The van der Waals surface area contributed by atoms with E-state index in [1.807, 2.05) is 81.4 Å². The molecule has 1 amide bonds. The second-order valence-corrected chi connectivity index (χ2v) is 8.19. The van der Waals surface area contributed by atoms with Gasteiger partial charge in [-0.2, -0.15) is 0 Å². The lowest BCUT2D eigenvalue weighted by Crippen LogP contribution is -2.46. The fraction of sp³-hybridized carbons (Fsp3) is 0.435. The molecule has 2 aromatic rings. The number of hydrogen-bond acceptors (Lipinski definition) is 4. The number of aliphatic hydroxyl groups is 1. The van der Waals surface area contributed by atoms with Crippen LogP contribution in [0, 0.1) is 0 Å². The van der Waals surface area contributed by atoms with Crippen LogP contribution in [0.25, 0.3) is 0 Å². The Hall–Kier alpha value is -2.37. The van der Waals surface area contributed by atoms with Gasteiger partial charge in [0.2, 0.25) is 0 Å². The van der Waals surface area contributed by atoms with Crippen LogP contribution in [0.1, 0.15) is 38.3 Å². The molecule has 2 rings (SSSR count). The Morgan fingerprint density at radius 2 is 1.50 bits per heavy atom. The van der Waals surface area contributed by atoms with Crippen molar-refractivity contribution >= 4 is 6.09 Å². The molecule has 0 fully saturated rings. The summed E-state index contributed by atoms with van der Waals surface area (Å²) in [6.45, 7) is 5.47. The highest BCUT2D eigenvalue weighted by molar-refractivity contribution is 5.68. The zero-order valence-corrected chi connectivity index (χ0v) is 17.0. The van der Waals surface area contributed by atoms with Crippen molar-refractivity contribution in [3.8, 4) is 0 Å². The predicted octanol–water partition coefficient (Wildman–Crippen LogP) is 3.44. The van der Waals surface area contributed by atoms with E-state index in [9.17, 15) is 9.90 Å². The van der Waals surface area contributed by atoms with Crippen LogP contribution in [0.4, 0.5) is 4.79 Å². The summed E-state index contributed by atoms with van der Waals surface area (Å²) in [5, 5.41) is 13.6. The third-order valence-corrected chi connectivity index (χ3v) is 4.38. The van der Waals surface area contributed by atoms with Crippen molar-refractivity contribution in [2.75, 3.05) is 0 Å². The van der Waals surface area contributed by atoms with E-state index < -0.39 is 23.8 Å². The van der Waals surface area contributed by atoms with Crippen molar-refractivity contribution in [2.24, 2.45) is 5.73 Å². The number of aliphatic hydroxyl groups excluding tert-OH is 1. The van der Waals surface area contributed by atoms with E-state index in [1.165, 1.54) is 0 Å². The topological polar surface area (TPSA) is 84.6 Å². The molecule has 0 aromatic heterocycles. The van der Waals surface area contributed by atoms with Gasteiger partial charge in [-0.05, 0) is 51.2 Å². The molecule has 3 atom stereocenters. The van der Waals surface area contributed by atoms with E-state index >= 15 is 0 Å². The Balaban J connectivity index is 2.01. The van der Waals surface area contributed by atoms with Crippen LogP contribution >= 0.6 is 0 Å². The van der Waals surface area contributed by atoms with E-state index in [2.05, 4.69) is 5.32 Å². The average molecular weight is 385 g/mol. The molecule has 0 heterocycles. The molecule has 0 aliphatic carbocycles. The number of amides is 1. The number of alkyl carbamates (subject to hydrolysis) is 1. The lowest BCUT2D eigenvalue weighted by atomic mass is 9.94. The fourth-order valence-electron chi connectivity index (χ4n) is 3.05. The van der Waals surface area contributed by atoms with Gasteiger partial charge in [0.25, 0.3) is 0 Å². The third-order valence-electron chi connectivity index (χ3n) is 4.38. The monoisotopic (exact) mass is 384 g/mol. The average Bonchev–Trinajstić information content (AvgIpc) is 2.61. The number of ether oxygens (including phenoxy) is 1. The second-order valence-electron chi connectivity index (χ2n) is 8.19. The van der Waals surface area contributed by atoms with Crippen LogP contribution < -0.4 is 11.1 Å². The summed E-state index contributed by atoms with van der Waals surface area (Å²) in [7, 11) is 0.